The zero-order chi connectivity index (χ0) is 16.4. The number of hydrogen-bond donors (Lipinski definition) is 1. The minimum Gasteiger partial charge on any atom is -0.393 e. The van der Waals surface area contributed by atoms with Crippen molar-refractivity contribution in [3.05, 3.63) is 42.2 Å². The first-order valence-corrected chi connectivity index (χ1v) is 8.78. The number of aromatic nitrogens is 3. The van der Waals surface area contributed by atoms with Crippen molar-refractivity contribution < 1.29 is 9.84 Å². The SMILES string of the molecule is OC1CCCC1C1COCCN1Cc1cnn(-c2ccccc2)n1. The summed E-state index contributed by atoms with van der Waals surface area (Å²) in [7, 11) is 0. The number of rotatable bonds is 4. The lowest BCUT2D eigenvalue weighted by Gasteiger charge is -2.39. The molecule has 0 bridgehead atoms. The van der Waals surface area contributed by atoms with E-state index in [0.29, 0.717) is 12.5 Å². The number of benzene rings is 1. The fourth-order valence-corrected chi connectivity index (χ4v) is 3.93. The van der Waals surface area contributed by atoms with E-state index in [1.165, 1.54) is 0 Å². The molecule has 2 heterocycles. The number of aliphatic hydroxyl groups excluding tert-OH is 1. The Bertz CT molecular complexity index is 660. The average Bonchev–Trinajstić information content (AvgIpc) is 3.25. The standard InChI is InChI=1S/C18H24N4O2/c23-18-8-4-7-16(18)17-13-24-10-9-21(17)12-14-11-19-22(20-14)15-5-2-1-3-6-15/h1-3,5-6,11,16-18,23H,4,7-10,12-13H2. The van der Waals surface area contributed by atoms with Gasteiger partial charge in [-0.05, 0) is 25.0 Å². The quantitative estimate of drug-likeness (QED) is 0.924. The maximum atomic E-state index is 10.3. The molecule has 6 heteroatoms. The van der Waals surface area contributed by atoms with Gasteiger partial charge in [-0.15, -0.1) is 0 Å². The molecule has 24 heavy (non-hydrogen) atoms. The van der Waals surface area contributed by atoms with Crippen LogP contribution in [0.25, 0.3) is 5.69 Å². The highest BCUT2D eigenvalue weighted by atomic mass is 16.5. The molecule has 4 rings (SSSR count). The largest absolute Gasteiger partial charge is 0.393 e. The zero-order valence-corrected chi connectivity index (χ0v) is 13.8. The van der Waals surface area contributed by atoms with Crippen LogP contribution in [0.15, 0.2) is 36.5 Å². The van der Waals surface area contributed by atoms with Crippen LogP contribution in [0.1, 0.15) is 25.0 Å². The van der Waals surface area contributed by atoms with Crippen LogP contribution in [0.5, 0.6) is 0 Å². The molecule has 128 valence electrons. The highest BCUT2D eigenvalue weighted by Crippen LogP contribution is 2.32. The van der Waals surface area contributed by atoms with Gasteiger partial charge in [0.05, 0.1) is 36.9 Å². The minimum atomic E-state index is -0.195. The molecule has 2 aromatic rings. The predicted molar refractivity (Wildman–Crippen MR) is 89.7 cm³/mol. The molecule has 3 atom stereocenters. The van der Waals surface area contributed by atoms with Gasteiger partial charge in [-0.1, -0.05) is 24.6 Å². The van der Waals surface area contributed by atoms with Crippen LogP contribution in [-0.2, 0) is 11.3 Å². The highest BCUT2D eigenvalue weighted by Gasteiger charge is 2.37. The van der Waals surface area contributed by atoms with E-state index in [0.717, 1.165) is 50.3 Å². The van der Waals surface area contributed by atoms with Gasteiger partial charge < -0.3 is 9.84 Å². The summed E-state index contributed by atoms with van der Waals surface area (Å²) in [6, 6.07) is 10.2. The molecule has 1 aliphatic carbocycles. The van der Waals surface area contributed by atoms with Crippen LogP contribution in [-0.4, -0.2) is 56.9 Å². The van der Waals surface area contributed by atoms with Gasteiger partial charge >= 0.3 is 0 Å². The fraction of sp³-hybridized carbons (Fsp3) is 0.556. The highest BCUT2D eigenvalue weighted by molar-refractivity contribution is 5.28. The Morgan fingerprint density at radius 3 is 2.88 bits per heavy atom. The Kier molecular flexibility index (Phi) is 4.60. The first-order chi connectivity index (χ1) is 11.8. The number of ether oxygens (including phenoxy) is 1. The van der Waals surface area contributed by atoms with E-state index in [4.69, 9.17) is 4.74 Å². The summed E-state index contributed by atoms with van der Waals surface area (Å²) >= 11 is 0. The van der Waals surface area contributed by atoms with Gasteiger partial charge in [-0.25, -0.2) is 0 Å². The summed E-state index contributed by atoms with van der Waals surface area (Å²) in [4.78, 5) is 4.08. The normalized spacial score (nSPS) is 28.3. The fourth-order valence-electron chi connectivity index (χ4n) is 3.93. The van der Waals surface area contributed by atoms with E-state index in [9.17, 15) is 5.11 Å². The van der Waals surface area contributed by atoms with E-state index < -0.39 is 0 Å². The maximum Gasteiger partial charge on any atom is 0.0971 e. The second kappa shape index (κ2) is 7.01. The average molecular weight is 328 g/mol. The molecular weight excluding hydrogens is 304 g/mol. The van der Waals surface area contributed by atoms with Crippen LogP contribution in [0.3, 0.4) is 0 Å². The molecule has 1 N–H and O–H groups in total. The molecule has 0 radical (unpaired) electrons. The molecule has 6 nitrogen and oxygen atoms in total. The molecule has 1 aromatic carbocycles. The van der Waals surface area contributed by atoms with Crippen molar-refractivity contribution in [2.75, 3.05) is 19.8 Å². The van der Waals surface area contributed by atoms with Crippen LogP contribution in [0, 0.1) is 5.92 Å². The summed E-state index contributed by atoms with van der Waals surface area (Å²) in [6.45, 7) is 3.08. The molecule has 1 aromatic heterocycles. The summed E-state index contributed by atoms with van der Waals surface area (Å²) < 4.78 is 5.69. The van der Waals surface area contributed by atoms with Gasteiger partial charge in [0.15, 0.2) is 0 Å². The van der Waals surface area contributed by atoms with Crippen molar-refractivity contribution >= 4 is 0 Å². The summed E-state index contributed by atoms with van der Waals surface area (Å²) in [5.41, 5.74) is 1.92. The van der Waals surface area contributed by atoms with Crippen LogP contribution < -0.4 is 0 Å². The van der Waals surface area contributed by atoms with Gasteiger partial charge in [-0.2, -0.15) is 15.0 Å². The van der Waals surface area contributed by atoms with Crippen molar-refractivity contribution in [2.24, 2.45) is 5.92 Å². The van der Waals surface area contributed by atoms with E-state index in [2.05, 4.69) is 15.1 Å². The van der Waals surface area contributed by atoms with Crippen LogP contribution in [0.4, 0.5) is 0 Å². The van der Waals surface area contributed by atoms with Crippen LogP contribution in [0.2, 0.25) is 0 Å². The molecule has 0 spiro atoms. The van der Waals surface area contributed by atoms with Gasteiger partial charge in [0, 0.05) is 25.0 Å². The first-order valence-electron chi connectivity index (χ1n) is 8.78. The summed E-state index contributed by atoms with van der Waals surface area (Å²) in [5, 5.41) is 19.3. The molecule has 1 aliphatic heterocycles. The molecule has 2 fully saturated rings. The topological polar surface area (TPSA) is 63.4 Å². The van der Waals surface area contributed by atoms with Gasteiger partial charge in [0.1, 0.15) is 0 Å². The van der Waals surface area contributed by atoms with Crippen molar-refractivity contribution in [1.82, 2.24) is 19.9 Å². The van der Waals surface area contributed by atoms with Crippen molar-refractivity contribution in [1.29, 1.82) is 0 Å². The molecule has 1 saturated carbocycles. The lowest BCUT2D eigenvalue weighted by molar-refractivity contribution is -0.0541. The lowest BCUT2D eigenvalue weighted by Crippen LogP contribution is -2.50. The van der Waals surface area contributed by atoms with E-state index >= 15 is 0 Å². The number of para-hydroxylation sites is 1. The van der Waals surface area contributed by atoms with Crippen molar-refractivity contribution in [3.63, 3.8) is 0 Å². The molecule has 3 unspecified atom stereocenters. The molecule has 1 saturated heterocycles. The third kappa shape index (κ3) is 3.22. The van der Waals surface area contributed by atoms with Crippen LogP contribution >= 0.6 is 0 Å². The third-order valence-corrected chi connectivity index (χ3v) is 5.20. The zero-order valence-electron chi connectivity index (χ0n) is 13.8. The summed E-state index contributed by atoms with van der Waals surface area (Å²) in [6.07, 6.45) is 4.76. The number of hydrogen-bond acceptors (Lipinski definition) is 5. The monoisotopic (exact) mass is 328 g/mol. The number of aliphatic hydroxyl groups is 1. The van der Waals surface area contributed by atoms with Gasteiger partial charge in [-0.3, -0.25) is 4.90 Å². The second-order valence-electron chi connectivity index (χ2n) is 6.74. The maximum absolute atomic E-state index is 10.3. The first kappa shape index (κ1) is 15.7. The minimum absolute atomic E-state index is 0.195. The molecule has 2 aliphatic rings. The Labute approximate surface area is 142 Å². The Balaban J connectivity index is 1.48. The van der Waals surface area contributed by atoms with Crippen molar-refractivity contribution in [2.45, 2.75) is 38.0 Å². The third-order valence-electron chi connectivity index (χ3n) is 5.20. The van der Waals surface area contributed by atoms with E-state index in [1.54, 1.807) is 4.80 Å². The van der Waals surface area contributed by atoms with E-state index in [1.807, 2.05) is 36.5 Å². The Morgan fingerprint density at radius 2 is 2.08 bits per heavy atom. The predicted octanol–water partition coefficient (Wildman–Crippen LogP) is 1.63. The summed E-state index contributed by atoms with van der Waals surface area (Å²) in [5.74, 6) is 0.314. The van der Waals surface area contributed by atoms with Gasteiger partial charge in [0.25, 0.3) is 0 Å². The molecule has 0 amide bonds. The van der Waals surface area contributed by atoms with Gasteiger partial charge in [0.2, 0.25) is 0 Å². The second-order valence-corrected chi connectivity index (χ2v) is 6.74. The molecular formula is C18H24N4O2. The Hall–Kier alpha value is -1.76. The Morgan fingerprint density at radius 1 is 1.21 bits per heavy atom. The van der Waals surface area contributed by atoms with E-state index in [-0.39, 0.29) is 12.1 Å². The number of morpholine rings is 1. The number of nitrogens with zero attached hydrogens (tertiary/aromatic N) is 4. The van der Waals surface area contributed by atoms with Crippen molar-refractivity contribution in [3.8, 4) is 5.69 Å². The lowest BCUT2D eigenvalue weighted by atomic mass is 9.94. The smallest absolute Gasteiger partial charge is 0.0971 e.